The highest BCUT2D eigenvalue weighted by atomic mass is 35.5. The number of rotatable bonds is 3. The van der Waals surface area contributed by atoms with Crippen molar-refractivity contribution < 1.29 is 0 Å². The second-order valence-electron chi connectivity index (χ2n) is 6.11. The van der Waals surface area contributed by atoms with Crippen molar-refractivity contribution in [3.63, 3.8) is 0 Å². The molecule has 110 valence electrons. The molecule has 0 amide bonds. The molecule has 0 aliphatic carbocycles. The van der Waals surface area contributed by atoms with Crippen LogP contribution in [-0.2, 0) is 0 Å². The molecule has 2 saturated heterocycles. The van der Waals surface area contributed by atoms with Gasteiger partial charge in [-0.05, 0) is 37.9 Å². The Kier molecular flexibility index (Phi) is 4.32. The minimum Gasteiger partial charge on any atom is -0.329 e. The maximum atomic E-state index is 6.38. The third-order valence-electron chi connectivity index (χ3n) is 4.87. The Morgan fingerprint density at radius 1 is 1.35 bits per heavy atom. The van der Waals surface area contributed by atoms with Crippen LogP contribution in [0.2, 0.25) is 5.02 Å². The van der Waals surface area contributed by atoms with E-state index >= 15 is 0 Å². The van der Waals surface area contributed by atoms with Crippen LogP contribution in [0.15, 0.2) is 24.3 Å². The van der Waals surface area contributed by atoms with E-state index in [0.29, 0.717) is 18.6 Å². The van der Waals surface area contributed by atoms with Crippen LogP contribution < -0.4 is 5.73 Å². The number of halogens is 1. The number of hydrogen-bond acceptors (Lipinski definition) is 3. The molecule has 2 heterocycles. The highest BCUT2D eigenvalue weighted by Gasteiger charge is 2.37. The lowest BCUT2D eigenvalue weighted by atomic mass is 9.99. The Morgan fingerprint density at radius 2 is 2.15 bits per heavy atom. The lowest BCUT2D eigenvalue weighted by Gasteiger charge is -2.46. The number of hydrogen-bond donors (Lipinski definition) is 1. The van der Waals surface area contributed by atoms with Crippen molar-refractivity contribution in [2.24, 2.45) is 5.73 Å². The second kappa shape index (κ2) is 6.02. The van der Waals surface area contributed by atoms with Gasteiger partial charge in [0.15, 0.2) is 0 Å². The summed E-state index contributed by atoms with van der Waals surface area (Å²) in [7, 11) is 0. The van der Waals surface area contributed by atoms with E-state index in [9.17, 15) is 0 Å². The van der Waals surface area contributed by atoms with Crippen LogP contribution in [0.4, 0.5) is 0 Å². The average molecular weight is 294 g/mol. The van der Waals surface area contributed by atoms with E-state index in [1.54, 1.807) is 0 Å². The Balaban J connectivity index is 1.83. The molecule has 1 aromatic carbocycles. The summed E-state index contributed by atoms with van der Waals surface area (Å²) in [6.07, 6.45) is 2.66. The van der Waals surface area contributed by atoms with Gasteiger partial charge in [0, 0.05) is 42.8 Å². The van der Waals surface area contributed by atoms with E-state index in [1.165, 1.54) is 24.9 Å². The molecule has 20 heavy (non-hydrogen) atoms. The van der Waals surface area contributed by atoms with E-state index in [1.807, 2.05) is 12.1 Å². The molecule has 1 aromatic rings. The standard InChI is InChI=1S/C16H24ClN3/c1-12-10-19-8-4-5-13(19)11-20(12)16(9-18)14-6-2-3-7-15(14)17/h2-3,6-7,12-13,16H,4-5,8-11,18H2,1H3. The zero-order chi connectivity index (χ0) is 14.1. The minimum absolute atomic E-state index is 0.237. The molecule has 3 nitrogen and oxygen atoms in total. The Hall–Kier alpha value is -0.610. The van der Waals surface area contributed by atoms with Crippen molar-refractivity contribution in [2.45, 2.75) is 37.9 Å². The summed E-state index contributed by atoms with van der Waals surface area (Å²) < 4.78 is 0. The molecule has 0 radical (unpaired) electrons. The molecule has 2 N–H and O–H groups in total. The van der Waals surface area contributed by atoms with E-state index < -0.39 is 0 Å². The molecule has 0 spiro atoms. The predicted molar refractivity (Wildman–Crippen MR) is 84.0 cm³/mol. The van der Waals surface area contributed by atoms with Gasteiger partial charge in [-0.3, -0.25) is 9.80 Å². The molecule has 3 atom stereocenters. The second-order valence-corrected chi connectivity index (χ2v) is 6.52. The zero-order valence-corrected chi connectivity index (χ0v) is 12.9. The van der Waals surface area contributed by atoms with Crippen LogP contribution in [-0.4, -0.2) is 48.1 Å². The predicted octanol–water partition coefficient (Wildman–Crippen LogP) is 2.51. The molecule has 0 saturated carbocycles. The summed E-state index contributed by atoms with van der Waals surface area (Å²) in [5.41, 5.74) is 7.27. The van der Waals surface area contributed by atoms with Crippen molar-refractivity contribution >= 4 is 11.6 Å². The van der Waals surface area contributed by atoms with Gasteiger partial charge in [0.1, 0.15) is 0 Å². The fourth-order valence-corrected chi connectivity index (χ4v) is 4.09. The van der Waals surface area contributed by atoms with E-state index in [2.05, 4.69) is 28.9 Å². The lowest BCUT2D eigenvalue weighted by Crippen LogP contribution is -2.56. The van der Waals surface area contributed by atoms with Crippen LogP contribution in [0.5, 0.6) is 0 Å². The van der Waals surface area contributed by atoms with Crippen molar-refractivity contribution in [3.05, 3.63) is 34.9 Å². The maximum absolute atomic E-state index is 6.38. The summed E-state index contributed by atoms with van der Waals surface area (Å²) >= 11 is 6.38. The van der Waals surface area contributed by atoms with Gasteiger partial charge in [-0.25, -0.2) is 0 Å². The largest absolute Gasteiger partial charge is 0.329 e. The summed E-state index contributed by atoms with van der Waals surface area (Å²) in [5, 5.41) is 0.837. The fraction of sp³-hybridized carbons (Fsp3) is 0.625. The summed E-state index contributed by atoms with van der Waals surface area (Å²) in [4.78, 5) is 5.20. The number of benzene rings is 1. The SMILES string of the molecule is CC1CN2CCCC2CN1C(CN)c1ccccc1Cl. The van der Waals surface area contributed by atoms with E-state index in [0.717, 1.165) is 18.1 Å². The van der Waals surface area contributed by atoms with Gasteiger partial charge in [-0.2, -0.15) is 0 Å². The summed E-state index contributed by atoms with van der Waals surface area (Å²) in [6.45, 7) is 6.48. The zero-order valence-electron chi connectivity index (χ0n) is 12.1. The summed E-state index contributed by atoms with van der Waals surface area (Å²) in [6, 6.07) is 9.61. The first-order valence-electron chi connectivity index (χ1n) is 7.65. The highest BCUT2D eigenvalue weighted by Crippen LogP contribution is 2.33. The van der Waals surface area contributed by atoms with Gasteiger partial charge >= 0.3 is 0 Å². The number of fused-ring (bicyclic) bond motifs is 1. The van der Waals surface area contributed by atoms with Crippen molar-refractivity contribution in [3.8, 4) is 0 Å². The molecule has 4 heteroatoms. The number of nitrogens with two attached hydrogens (primary N) is 1. The van der Waals surface area contributed by atoms with Gasteiger partial charge in [-0.15, -0.1) is 0 Å². The van der Waals surface area contributed by atoms with Crippen LogP contribution in [0.25, 0.3) is 0 Å². The quantitative estimate of drug-likeness (QED) is 0.929. The Labute approximate surface area is 126 Å². The van der Waals surface area contributed by atoms with E-state index in [-0.39, 0.29) is 6.04 Å². The van der Waals surface area contributed by atoms with Gasteiger partial charge in [0.05, 0.1) is 0 Å². The van der Waals surface area contributed by atoms with Crippen LogP contribution in [0.1, 0.15) is 31.4 Å². The molecule has 0 bridgehead atoms. The molecular formula is C16H24ClN3. The van der Waals surface area contributed by atoms with Gasteiger partial charge < -0.3 is 5.73 Å². The first-order chi connectivity index (χ1) is 9.70. The van der Waals surface area contributed by atoms with Gasteiger partial charge in [0.2, 0.25) is 0 Å². The number of nitrogens with zero attached hydrogens (tertiary/aromatic N) is 2. The minimum atomic E-state index is 0.237. The Bertz CT molecular complexity index is 465. The monoisotopic (exact) mass is 293 g/mol. The molecule has 3 rings (SSSR count). The molecule has 2 fully saturated rings. The topological polar surface area (TPSA) is 32.5 Å². The average Bonchev–Trinajstić information content (AvgIpc) is 2.89. The molecule has 0 aromatic heterocycles. The number of piperazine rings is 1. The third kappa shape index (κ3) is 2.60. The third-order valence-corrected chi connectivity index (χ3v) is 5.22. The Morgan fingerprint density at radius 3 is 2.90 bits per heavy atom. The molecule has 3 unspecified atom stereocenters. The molecular weight excluding hydrogens is 270 g/mol. The van der Waals surface area contributed by atoms with Crippen molar-refractivity contribution in [2.75, 3.05) is 26.2 Å². The van der Waals surface area contributed by atoms with Crippen LogP contribution >= 0.6 is 11.6 Å². The molecule has 2 aliphatic heterocycles. The van der Waals surface area contributed by atoms with Crippen LogP contribution in [0, 0.1) is 0 Å². The fourth-order valence-electron chi connectivity index (χ4n) is 3.83. The van der Waals surface area contributed by atoms with E-state index in [4.69, 9.17) is 17.3 Å². The first-order valence-corrected chi connectivity index (χ1v) is 8.02. The molecule has 2 aliphatic rings. The van der Waals surface area contributed by atoms with Crippen LogP contribution in [0.3, 0.4) is 0 Å². The van der Waals surface area contributed by atoms with Gasteiger partial charge in [0.25, 0.3) is 0 Å². The van der Waals surface area contributed by atoms with Gasteiger partial charge in [-0.1, -0.05) is 29.8 Å². The smallest absolute Gasteiger partial charge is 0.0489 e. The lowest BCUT2D eigenvalue weighted by molar-refractivity contribution is 0.0296. The first kappa shape index (κ1) is 14.3. The maximum Gasteiger partial charge on any atom is 0.0489 e. The highest BCUT2D eigenvalue weighted by molar-refractivity contribution is 6.31. The van der Waals surface area contributed by atoms with Crippen molar-refractivity contribution in [1.29, 1.82) is 0 Å². The normalized spacial score (nSPS) is 29.4. The summed E-state index contributed by atoms with van der Waals surface area (Å²) in [5.74, 6) is 0. The van der Waals surface area contributed by atoms with Crippen molar-refractivity contribution in [1.82, 2.24) is 9.80 Å².